The lowest BCUT2D eigenvalue weighted by Crippen LogP contribution is -2.49. The molecule has 0 aromatic carbocycles. The van der Waals surface area contributed by atoms with E-state index in [1.165, 1.54) is 12.8 Å². The molecule has 3 saturated heterocycles. The monoisotopic (exact) mass is 354 g/mol. The molecule has 0 spiro atoms. The summed E-state index contributed by atoms with van der Waals surface area (Å²) in [6.07, 6.45) is 2.18. The Morgan fingerprint density at radius 2 is 1.68 bits per heavy atom. The number of aliphatic hydroxyl groups excluding tert-OH is 1. The van der Waals surface area contributed by atoms with Crippen LogP contribution >= 0.6 is 24.8 Å². The minimum Gasteiger partial charge on any atom is -0.390 e. The van der Waals surface area contributed by atoms with E-state index < -0.39 is 0 Å². The van der Waals surface area contributed by atoms with Crippen LogP contribution < -0.4 is 5.32 Å². The van der Waals surface area contributed by atoms with Gasteiger partial charge in [-0.3, -0.25) is 14.6 Å². The second-order valence-electron chi connectivity index (χ2n) is 6.20. The quantitative estimate of drug-likeness (QED) is 0.708. The number of nitrogens with one attached hydrogen (secondary N) is 1. The van der Waals surface area contributed by atoms with Crippen molar-refractivity contribution in [3.63, 3.8) is 0 Å². The molecule has 0 bridgehead atoms. The minimum absolute atomic E-state index is 0. The number of aliphatic hydroxyl groups is 1. The van der Waals surface area contributed by atoms with Gasteiger partial charge in [0.05, 0.1) is 12.6 Å². The lowest BCUT2D eigenvalue weighted by molar-refractivity contribution is -0.132. The molecule has 3 aliphatic heterocycles. The van der Waals surface area contributed by atoms with Crippen molar-refractivity contribution in [1.29, 1.82) is 0 Å². The zero-order valence-electron chi connectivity index (χ0n) is 12.9. The van der Waals surface area contributed by atoms with Gasteiger partial charge in [0.2, 0.25) is 5.91 Å². The van der Waals surface area contributed by atoms with Gasteiger partial charge < -0.3 is 15.3 Å². The van der Waals surface area contributed by atoms with Crippen molar-refractivity contribution < 1.29 is 9.90 Å². The maximum atomic E-state index is 12.2. The molecule has 22 heavy (non-hydrogen) atoms. The van der Waals surface area contributed by atoms with Crippen molar-refractivity contribution in [2.24, 2.45) is 0 Å². The molecule has 2 N–H and O–H groups in total. The van der Waals surface area contributed by atoms with E-state index in [0.717, 1.165) is 45.8 Å². The molecule has 2 atom stereocenters. The highest BCUT2D eigenvalue weighted by Crippen LogP contribution is 2.20. The molecular formula is C14H28Cl2N4O2. The fourth-order valence-corrected chi connectivity index (χ4v) is 3.61. The predicted molar refractivity (Wildman–Crippen MR) is 91.0 cm³/mol. The molecule has 3 rings (SSSR count). The number of halogens is 2. The van der Waals surface area contributed by atoms with Crippen LogP contribution in [-0.4, -0.2) is 96.8 Å². The van der Waals surface area contributed by atoms with Crippen LogP contribution in [0.25, 0.3) is 0 Å². The SMILES string of the molecule is Cl.Cl.O=C(CN1C[C@H](O)[C@@H](N2CCCC2)C1)N1CCNCC1. The van der Waals surface area contributed by atoms with Crippen molar-refractivity contribution in [2.75, 3.05) is 58.9 Å². The molecule has 8 heteroatoms. The Morgan fingerprint density at radius 1 is 1.05 bits per heavy atom. The van der Waals surface area contributed by atoms with Crippen LogP contribution in [0.2, 0.25) is 0 Å². The Labute approximate surface area is 145 Å². The summed E-state index contributed by atoms with van der Waals surface area (Å²) < 4.78 is 0. The second-order valence-corrected chi connectivity index (χ2v) is 6.20. The van der Waals surface area contributed by atoms with Crippen molar-refractivity contribution in [3.05, 3.63) is 0 Å². The van der Waals surface area contributed by atoms with E-state index in [9.17, 15) is 9.90 Å². The summed E-state index contributed by atoms with van der Waals surface area (Å²) in [6.45, 7) is 7.53. The molecule has 0 unspecified atom stereocenters. The normalized spacial score (nSPS) is 30.0. The number of nitrogens with zero attached hydrogens (tertiary/aromatic N) is 3. The number of carbonyl (C=O) groups excluding carboxylic acids is 1. The van der Waals surface area contributed by atoms with Crippen LogP contribution in [-0.2, 0) is 4.79 Å². The fraction of sp³-hybridized carbons (Fsp3) is 0.929. The molecule has 3 fully saturated rings. The minimum atomic E-state index is -0.302. The van der Waals surface area contributed by atoms with Crippen LogP contribution in [0.15, 0.2) is 0 Å². The van der Waals surface area contributed by atoms with E-state index >= 15 is 0 Å². The topological polar surface area (TPSA) is 59.1 Å². The Hall–Kier alpha value is -0.110. The predicted octanol–water partition coefficient (Wildman–Crippen LogP) is -0.597. The van der Waals surface area contributed by atoms with Crippen molar-refractivity contribution in [1.82, 2.24) is 20.0 Å². The Bertz CT molecular complexity index is 350. The van der Waals surface area contributed by atoms with Gasteiger partial charge in [-0.2, -0.15) is 0 Å². The van der Waals surface area contributed by atoms with E-state index in [-0.39, 0.29) is 42.9 Å². The first-order valence-corrected chi connectivity index (χ1v) is 7.87. The van der Waals surface area contributed by atoms with Crippen molar-refractivity contribution in [2.45, 2.75) is 25.0 Å². The number of amides is 1. The van der Waals surface area contributed by atoms with Crippen LogP contribution in [0.3, 0.4) is 0 Å². The van der Waals surface area contributed by atoms with Crippen LogP contribution in [0, 0.1) is 0 Å². The van der Waals surface area contributed by atoms with E-state index in [2.05, 4.69) is 15.1 Å². The molecule has 0 aliphatic carbocycles. The lowest BCUT2D eigenvalue weighted by atomic mass is 10.2. The van der Waals surface area contributed by atoms with Crippen LogP contribution in [0.4, 0.5) is 0 Å². The molecule has 0 saturated carbocycles. The number of rotatable bonds is 3. The second kappa shape index (κ2) is 9.25. The zero-order chi connectivity index (χ0) is 13.9. The summed E-state index contributed by atoms with van der Waals surface area (Å²) in [6, 6.07) is 0.230. The highest BCUT2D eigenvalue weighted by Gasteiger charge is 2.37. The van der Waals surface area contributed by atoms with E-state index in [0.29, 0.717) is 13.1 Å². The molecule has 6 nitrogen and oxygen atoms in total. The average Bonchev–Trinajstić information content (AvgIpc) is 3.09. The van der Waals surface area contributed by atoms with Gasteiger partial charge in [-0.25, -0.2) is 0 Å². The molecule has 0 radical (unpaired) electrons. The highest BCUT2D eigenvalue weighted by molar-refractivity contribution is 5.85. The summed E-state index contributed by atoms with van der Waals surface area (Å²) >= 11 is 0. The summed E-state index contributed by atoms with van der Waals surface area (Å²) in [5.41, 5.74) is 0. The summed E-state index contributed by atoms with van der Waals surface area (Å²) in [5, 5.41) is 13.5. The van der Waals surface area contributed by atoms with Crippen LogP contribution in [0.1, 0.15) is 12.8 Å². The maximum absolute atomic E-state index is 12.2. The maximum Gasteiger partial charge on any atom is 0.236 e. The summed E-state index contributed by atoms with van der Waals surface area (Å²) in [4.78, 5) is 18.7. The number of hydrogen-bond donors (Lipinski definition) is 2. The van der Waals surface area contributed by atoms with Crippen molar-refractivity contribution >= 4 is 30.7 Å². The highest BCUT2D eigenvalue weighted by atomic mass is 35.5. The third-order valence-corrected chi connectivity index (χ3v) is 4.77. The number of likely N-dealkylation sites (tertiary alicyclic amines) is 2. The average molecular weight is 355 g/mol. The largest absolute Gasteiger partial charge is 0.390 e. The number of hydrogen-bond acceptors (Lipinski definition) is 5. The summed E-state index contributed by atoms with van der Waals surface area (Å²) in [7, 11) is 0. The van der Waals surface area contributed by atoms with E-state index in [1.54, 1.807) is 0 Å². The third-order valence-electron chi connectivity index (χ3n) is 4.77. The Balaban J connectivity index is 0.00000121. The molecular weight excluding hydrogens is 327 g/mol. The number of β-amino-alcohol motifs (C(OH)–C–C–N with tert-alkyl or cyclic N) is 1. The third kappa shape index (κ3) is 4.69. The van der Waals surface area contributed by atoms with Gasteiger partial charge in [0.15, 0.2) is 0 Å². The molecule has 3 aliphatic rings. The first-order valence-electron chi connectivity index (χ1n) is 7.87. The van der Waals surface area contributed by atoms with E-state index in [4.69, 9.17) is 0 Å². The summed E-state index contributed by atoms with van der Waals surface area (Å²) in [5.74, 6) is 0.209. The lowest BCUT2D eigenvalue weighted by Gasteiger charge is -2.29. The van der Waals surface area contributed by atoms with Gasteiger partial charge >= 0.3 is 0 Å². The molecule has 130 valence electrons. The van der Waals surface area contributed by atoms with Gasteiger partial charge in [0.1, 0.15) is 0 Å². The molecule has 1 amide bonds. The number of piperazine rings is 1. The van der Waals surface area contributed by atoms with Crippen molar-refractivity contribution in [3.8, 4) is 0 Å². The standard InChI is InChI=1S/C14H26N4O2.2ClH/c19-13-10-16(9-12(13)17-5-1-2-6-17)11-14(20)18-7-3-15-4-8-18;;/h12-13,15,19H,1-11H2;2*1H/t12-,13-;;/m0../s1. The smallest absolute Gasteiger partial charge is 0.236 e. The molecule has 0 aromatic rings. The van der Waals surface area contributed by atoms with Gasteiger partial charge in [-0.05, 0) is 25.9 Å². The number of carbonyl (C=O) groups is 1. The first-order chi connectivity index (χ1) is 9.74. The van der Waals surface area contributed by atoms with Gasteiger partial charge in [0, 0.05) is 45.3 Å². The molecule has 0 aromatic heterocycles. The van der Waals surface area contributed by atoms with Gasteiger partial charge in [0.25, 0.3) is 0 Å². The van der Waals surface area contributed by atoms with Gasteiger partial charge in [-0.15, -0.1) is 24.8 Å². The first kappa shape index (κ1) is 19.9. The Kier molecular flexibility index (Phi) is 8.38. The molecule has 3 heterocycles. The van der Waals surface area contributed by atoms with Crippen LogP contribution in [0.5, 0.6) is 0 Å². The fourth-order valence-electron chi connectivity index (χ4n) is 3.61. The van der Waals surface area contributed by atoms with E-state index in [1.807, 2.05) is 4.90 Å². The Morgan fingerprint density at radius 3 is 2.32 bits per heavy atom. The zero-order valence-corrected chi connectivity index (χ0v) is 14.6. The van der Waals surface area contributed by atoms with Gasteiger partial charge in [-0.1, -0.05) is 0 Å².